The summed E-state index contributed by atoms with van der Waals surface area (Å²) >= 11 is 12.1. The monoisotopic (exact) mass is 511 g/mol. The van der Waals surface area contributed by atoms with E-state index in [9.17, 15) is 14.4 Å². The van der Waals surface area contributed by atoms with Crippen molar-refractivity contribution in [1.82, 2.24) is 0 Å². The summed E-state index contributed by atoms with van der Waals surface area (Å²) in [7, 11) is 2.89. The Bertz CT molecular complexity index is 1360. The Hall–Kier alpha value is -4.01. The maximum absolute atomic E-state index is 13.2. The Kier molecular flexibility index (Phi) is 6.95. The lowest BCUT2D eigenvalue weighted by atomic mass is 10.1. The number of nitrogens with zero attached hydrogens (tertiary/aromatic N) is 1. The first-order valence-corrected chi connectivity index (χ1v) is 11.0. The van der Waals surface area contributed by atoms with Crippen LogP contribution in [0.15, 0.2) is 77.5 Å². The molecule has 0 saturated heterocycles. The minimum Gasteiger partial charge on any atom is -0.497 e. The number of methoxy groups -OCH3 is 2. The maximum Gasteiger partial charge on any atom is 0.283 e. The van der Waals surface area contributed by atoms with E-state index in [0.29, 0.717) is 33.5 Å². The number of ether oxygens (including phenoxy) is 2. The molecule has 4 rings (SSSR count). The van der Waals surface area contributed by atoms with E-state index in [0.717, 1.165) is 4.90 Å². The minimum atomic E-state index is -0.720. The molecule has 2 N–H and O–H groups in total. The van der Waals surface area contributed by atoms with Crippen LogP contribution in [-0.4, -0.2) is 31.9 Å². The largest absolute Gasteiger partial charge is 0.497 e. The standard InChI is InChI=1S/C25H19Cl2N3O5/c1-34-18-10-11-20(35-2)19(13-18)30-24(32)21(27)22(25(30)33)28-17-5-3-4-14(12-17)23(31)29-16-8-6-15(26)7-9-16/h3-13,28H,1-2H3,(H,29,31). The normalized spacial score (nSPS) is 13.2. The number of hydrogen-bond donors (Lipinski definition) is 2. The molecule has 0 aliphatic carbocycles. The third-order valence-corrected chi connectivity index (χ3v) is 5.75. The fourth-order valence-electron chi connectivity index (χ4n) is 3.42. The van der Waals surface area contributed by atoms with Crippen molar-refractivity contribution in [2.75, 3.05) is 29.8 Å². The third kappa shape index (κ3) is 4.94. The highest BCUT2D eigenvalue weighted by Crippen LogP contribution is 2.38. The van der Waals surface area contributed by atoms with Crippen molar-refractivity contribution in [3.63, 3.8) is 0 Å². The molecular weight excluding hydrogens is 493 g/mol. The molecule has 3 aromatic rings. The molecule has 0 atom stereocenters. The topological polar surface area (TPSA) is 97.0 Å². The lowest BCUT2D eigenvalue weighted by Crippen LogP contribution is -2.32. The van der Waals surface area contributed by atoms with Crippen LogP contribution in [0.25, 0.3) is 0 Å². The zero-order chi connectivity index (χ0) is 25.1. The first-order chi connectivity index (χ1) is 16.8. The van der Waals surface area contributed by atoms with Crippen molar-refractivity contribution < 1.29 is 23.9 Å². The number of benzene rings is 3. The molecule has 0 unspecified atom stereocenters. The SMILES string of the molecule is COc1ccc(OC)c(N2C(=O)C(Cl)=C(Nc3cccc(C(=O)Nc4ccc(Cl)cc4)c3)C2=O)c1. The number of hydrogen-bond acceptors (Lipinski definition) is 6. The van der Waals surface area contributed by atoms with E-state index in [1.165, 1.54) is 26.4 Å². The van der Waals surface area contributed by atoms with E-state index in [-0.39, 0.29) is 22.3 Å². The van der Waals surface area contributed by atoms with Crippen LogP contribution in [0.4, 0.5) is 17.1 Å². The first-order valence-electron chi connectivity index (χ1n) is 10.3. The number of amides is 3. The average molecular weight is 512 g/mol. The molecule has 178 valence electrons. The maximum atomic E-state index is 13.2. The first kappa shape index (κ1) is 24.1. The molecule has 0 aromatic heterocycles. The van der Waals surface area contributed by atoms with Gasteiger partial charge < -0.3 is 20.1 Å². The molecular formula is C25H19Cl2N3O5. The van der Waals surface area contributed by atoms with Crippen molar-refractivity contribution >= 4 is 58.0 Å². The van der Waals surface area contributed by atoms with Gasteiger partial charge >= 0.3 is 0 Å². The minimum absolute atomic E-state index is 0.128. The van der Waals surface area contributed by atoms with E-state index in [2.05, 4.69) is 10.6 Å². The zero-order valence-electron chi connectivity index (χ0n) is 18.6. The highest BCUT2D eigenvalue weighted by atomic mass is 35.5. The molecule has 3 amide bonds. The van der Waals surface area contributed by atoms with Crippen LogP contribution in [0.5, 0.6) is 11.5 Å². The van der Waals surface area contributed by atoms with Gasteiger partial charge in [-0.3, -0.25) is 14.4 Å². The molecule has 35 heavy (non-hydrogen) atoms. The van der Waals surface area contributed by atoms with Crippen molar-refractivity contribution in [2.24, 2.45) is 0 Å². The number of imide groups is 1. The summed E-state index contributed by atoms with van der Waals surface area (Å²) in [6, 6.07) is 17.8. The van der Waals surface area contributed by atoms with Gasteiger partial charge in [0.25, 0.3) is 17.7 Å². The predicted molar refractivity (Wildman–Crippen MR) is 134 cm³/mol. The smallest absolute Gasteiger partial charge is 0.283 e. The molecule has 1 heterocycles. The number of carbonyl (C=O) groups is 3. The molecule has 0 bridgehead atoms. The van der Waals surface area contributed by atoms with E-state index in [4.69, 9.17) is 32.7 Å². The predicted octanol–water partition coefficient (Wildman–Crippen LogP) is 5.05. The molecule has 0 saturated carbocycles. The van der Waals surface area contributed by atoms with Gasteiger partial charge in [-0.1, -0.05) is 29.3 Å². The summed E-state index contributed by atoms with van der Waals surface area (Å²) in [4.78, 5) is 39.7. The highest BCUT2D eigenvalue weighted by molar-refractivity contribution is 6.53. The summed E-state index contributed by atoms with van der Waals surface area (Å²) in [6.45, 7) is 0. The van der Waals surface area contributed by atoms with Crippen LogP contribution in [0.3, 0.4) is 0 Å². The van der Waals surface area contributed by atoms with Gasteiger partial charge in [-0.15, -0.1) is 0 Å². The fraction of sp³-hybridized carbons (Fsp3) is 0.0800. The highest BCUT2D eigenvalue weighted by Gasteiger charge is 2.40. The molecule has 10 heteroatoms. The summed E-state index contributed by atoms with van der Waals surface area (Å²) in [5, 5.41) is 5.89. The van der Waals surface area contributed by atoms with E-state index in [1.807, 2.05) is 0 Å². The molecule has 0 fully saturated rings. The number of rotatable bonds is 7. The summed E-state index contributed by atoms with van der Waals surface area (Å²) in [5.41, 5.74) is 1.35. The number of halogens is 2. The number of carbonyl (C=O) groups excluding carboxylic acids is 3. The van der Waals surface area contributed by atoms with Crippen LogP contribution >= 0.6 is 23.2 Å². The Balaban J connectivity index is 1.57. The van der Waals surface area contributed by atoms with Crippen molar-refractivity contribution in [2.45, 2.75) is 0 Å². The lowest BCUT2D eigenvalue weighted by Gasteiger charge is -2.19. The lowest BCUT2D eigenvalue weighted by molar-refractivity contribution is -0.120. The van der Waals surface area contributed by atoms with Gasteiger partial charge in [0.05, 0.1) is 19.9 Å². The van der Waals surface area contributed by atoms with Crippen LogP contribution < -0.4 is 25.0 Å². The van der Waals surface area contributed by atoms with Crippen molar-refractivity contribution in [3.8, 4) is 11.5 Å². The van der Waals surface area contributed by atoms with E-state index >= 15 is 0 Å². The van der Waals surface area contributed by atoms with E-state index in [1.54, 1.807) is 54.6 Å². The van der Waals surface area contributed by atoms with Crippen LogP contribution in [0, 0.1) is 0 Å². The Morgan fingerprint density at radius 2 is 1.60 bits per heavy atom. The second kappa shape index (κ2) is 10.1. The summed E-state index contributed by atoms with van der Waals surface area (Å²) in [5.74, 6) is -1.05. The van der Waals surface area contributed by atoms with Crippen molar-refractivity contribution in [3.05, 3.63) is 88.0 Å². The molecule has 8 nitrogen and oxygen atoms in total. The Morgan fingerprint density at radius 1 is 0.857 bits per heavy atom. The van der Waals surface area contributed by atoms with Gasteiger partial charge in [0.15, 0.2) is 0 Å². The van der Waals surface area contributed by atoms with Gasteiger partial charge in [0.1, 0.15) is 22.2 Å². The second-order valence-corrected chi connectivity index (χ2v) is 8.15. The molecule has 3 aromatic carbocycles. The third-order valence-electron chi connectivity index (χ3n) is 5.15. The molecule has 1 aliphatic heterocycles. The van der Waals surface area contributed by atoms with Crippen LogP contribution in [0.1, 0.15) is 10.4 Å². The Labute approximate surface area is 211 Å². The van der Waals surface area contributed by atoms with Crippen molar-refractivity contribution in [1.29, 1.82) is 0 Å². The second-order valence-electron chi connectivity index (χ2n) is 7.34. The Morgan fingerprint density at radius 3 is 2.29 bits per heavy atom. The van der Waals surface area contributed by atoms with Crippen LogP contribution in [-0.2, 0) is 9.59 Å². The quantitative estimate of drug-likeness (QED) is 0.431. The zero-order valence-corrected chi connectivity index (χ0v) is 20.1. The van der Waals surface area contributed by atoms with Gasteiger partial charge in [-0.2, -0.15) is 0 Å². The van der Waals surface area contributed by atoms with Crippen LogP contribution in [0.2, 0.25) is 5.02 Å². The number of nitrogens with one attached hydrogen (secondary N) is 2. The van der Waals surface area contributed by atoms with Gasteiger partial charge in [0, 0.05) is 28.0 Å². The summed E-state index contributed by atoms with van der Waals surface area (Å²) < 4.78 is 10.5. The fourth-order valence-corrected chi connectivity index (χ4v) is 3.76. The summed E-state index contributed by atoms with van der Waals surface area (Å²) in [6.07, 6.45) is 0. The van der Waals surface area contributed by atoms with Gasteiger partial charge in [-0.05, 0) is 54.6 Å². The molecule has 0 spiro atoms. The van der Waals surface area contributed by atoms with Gasteiger partial charge in [-0.25, -0.2) is 4.90 Å². The van der Waals surface area contributed by atoms with E-state index < -0.39 is 11.8 Å². The average Bonchev–Trinajstić information content (AvgIpc) is 3.08. The van der Waals surface area contributed by atoms with Gasteiger partial charge in [0.2, 0.25) is 0 Å². The number of anilines is 3. The molecule has 0 radical (unpaired) electrons. The molecule has 1 aliphatic rings.